The Hall–Kier alpha value is -1.66. The molecule has 0 amide bonds. The van der Waals surface area contributed by atoms with Gasteiger partial charge in [0.25, 0.3) is 0 Å². The summed E-state index contributed by atoms with van der Waals surface area (Å²) in [7, 11) is -3.44. The third-order valence-electron chi connectivity index (χ3n) is 2.46. The van der Waals surface area contributed by atoms with Gasteiger partial charge in [0.05, 0.1) is 10.6 Å². The molecule has 0 unspecified atom stereocenters. The first-order valence-electron chi connectivity index (χ1n) is 5.51. The standard InChI is InChI=1S/C12H14N2O3S/c1-10-3-2-4-12(7-10)18(15,16)14-6-5-11-8-17-9-13-11/h2-4,7-9,14H,5-6H2,1H3. The van der Waals surface area contributed by atoms with Gasteiger partial charge in [0.2, 0.25) is 10.0 Å². The molecule has 6 heteroatoms. The molecule has 0 aliphatic carbocycles. The van der Waals surface area contributed by atoms with E-state index in [4.69, 9.17) is 4.42 Å². The number of nitrogens with one attached hydrogen (secondary N) is 1. The Kier molecular flexibility index (Phi) is 3.78. The maximum atomic E-state index is 12.0. The Morgan fingerprint density at radius 3 is 2.89 bits per heavy atom. The lowest BCUT2D eigenvalue weighted by Crippen LogP contribution is -2.26. The van der Waals surface area contributed by atoms with Gasteiger partial charge in [-0.25, -0.2) is 18.1 Å². The molecule has 0 spiro atoms. The van der Waals surface area contributed by atoms with Crippen LogP contribution >= 0.6 is 0 Å². The second-order valence-corrected chi connectivity index (χ2v) is 5.71. The maximum absolute atomic E-state index is 12.0. The number of rotatable bonds is 5. The van der Waals surface area contributed by atoms with Gasteiger partial charge in [-0.1, -0.05) is 12.1 Å². The van der Waals surface area contributed by atoms with E-state index in [0.29, 0.717) is 13.0 Å². The number of aryl methyl sites for hydroxylation is 1. The van der Waals surface area contributed by atoms with Crippen molar-refractivity contribution in [1.29, 1.82) is 0 Å². The number of sulfonamides is 1. The molecule has 0 aliphatic rings. The molecule has 0 radical (unpaired) electrons. The van der Waals surface area contributed by atoms with Crippen LogP contribution < -0.4 is 4.72 Å². The molecule has 0 aliphatic heterocycles. The second-order valence-electron chi connectivity index (χ2n) is 3.94. The lowest BCUT2D eigenvalue weighted by atomic mass is 10.2. The lowest BCUT2D eigenvalue weighted by Gasteiger charge is -2.06. The van der Waals surface area contributed by atoms with Crippen molar-refractivity contribution in [2.24, 2.45) is 0 Å². The molecular weight excluding hydrogens is 252 g/mol. The van der Waals surface area contributed by atoms with Gasteiger partial charge in [-0.15, -0.1) is 0 Å². The summed E-state index contributed by atoms with van der Waals surface area (Å²) in [5.74, 6) is 0. The average molecular weight is 266 g/mol. The van der Waals surface area contributed by atoms with Crippen LogP contribution in [0, 0.1) is 6.92 Å². The zero-order chi connectivity index (χ0) is 13.0. The molecule has 0 bridgehead atoms. The van der Waals surface area contributed by atoms with Crippen LogP contribution in [0.2, 0.25) is 0 Å². The van der Waals surface area contributed by atoms with Gasteiger partial charge in [-0.3, -0.25) is 0 Å². The van der Waals surface area contributed by atoms with Crippen LogP contribution in [-0.4, -0.2) is 19.9 Å². The van der Waals surface area contributed by atoms with E-state index in [1.807, 2.05) is 13.0 Å². The van der Waals surface area contributed by atoms with Crippen molar-refractivity contribution in [2.45, 2.75) is 18.2 Å². The monoisotopic (exact) mass is 266 g/mol. The summed E-state index contributed by atoms with van der Waals surface area (Å²) in [5.41, 5.74) is 1.64. The molecule has 1 N–H and O–H groups in total. The summed E-state index contributed by atoms with van der Waals surface area (Å²) in [6, 6.07) is 6.79. The Morgan fingerprint density at radius 2 is 2.22 bits per heavy atom. The van der Waals surface area contributed by atoms with Crippen LogP contribution in [0.15, 0.2) is 46.2 Å². The molecular formula is C12H14N2O3S. The highest BCUT2D eigenvalue weighted by molar-refractivity contribution is 7.89. The minimum Gasteiger partial charge on any atom is -0.451 e. The topological polar surface area (TPSA) is 72.2 Å². The second kappa shape index (κ2) is 5.32. The molecule has 0 saturated carbocycles. The Bertz CT molecular complexity index is 606. The van der Waals surface area contributed by atoms with Crippen LogP contribution in [0.5, 0.6) is 0 Å². The van der Waals surface area contributed by atoms with E-state index in [1.165, 1.54) is 12.7 Å². The molecule has 0 atom stereocenters. The number of hydrogen-bond acceptors (Lipinski definition) is 4. The normalized spacial score (nSPS) is 11.6. The van der Waals surface area contributed by atoms with Crippen molar-refractivity contribution in [3.8, 4) is 0 Å². The van der Waals surface area contributed by atoms with E-state index in [1.54, 1.807) is 18.2 Å². The van der Waals surface area contributed by atoms with Crippen molar-refractivity contribution in [1.82, 2.24) is 9.71 Å². The van der Waals surface area contributed by atoms with E-state index in [-0.39, 0.29) is 4.90 Å². The summed E-state index contributed by atoms with van der Waals surface area (Å²) in [6.45, 7) is 2.15. The fourth-order valence-electron chi connectivity index (χ4n) is 1.54. The largest absolute Gasteiger partial charge is 0.451 e. The molecule has 2 aromatic rings. The maximum Gasteiger partial charge on any atom is 0.240 e. The summed E-state index contributed by atoms with van der Waals surface area (Å²) in [5, 5.41) is 0. The molecule has 96 valence electrons. The fourth-order valence-corrected chi connectivity index (χ4v) is 2.68. The minimum atomic E-state index is -3.44. The van der Waals surface area contributed by atoms with Crippen LogP contribution in [0.3, 0.4) is 0 Å². The Morgan fingerprint density at radius 1 is 1.39 bits per heavy atom. The fraction of sp³-hybridized carbons (Fsp3) is 0.250. The van der Waals surface area contributed by atoms with E-state index in [0.717, 1.165) is 11.3 Å². The zero-order valence-corrected chi connectivity index (χ0v) is 10.8. The molecule has 5 nitrogen and oxygen atoms in total. The van der Waals surface area contributed by atoms with E-state index in [2.05, 4.69) is 9.71 Å². The highest BCUT2D eigenvalue weighted by Crippen LogP contribution is 2.10. The predicted molar refractivity (Wildman–Crippen MR) is 66.6 cm³/mol. The molecule has 0 fully saturated rings. The first-order chi connectivity index (χ1) is 8.58. The summed E-state index contributed by atoms with van der Waals surface area (Å²) in [4.78, 5) is 4.20. The van der Waals surface area contributed by atoms with E-state index >= 15 is 0 Å². The van der Waals surface area contributed by atoms with Gasteiger partial charge >= 0.3 is 0 Å². The molecule has 18 heavy (non-hydrogen) atoms. The van der Waals surface area contributed by atoms with Crippen LogP contribution in [-0.2, 0) is 16.4 Å². The lowest BCUT2D eigenvalue weighted by molar-refractivity contribution is 0.555. The minimum absolute atomic E-state index is 0.280. The summed E-state index contributed by atoms with van der Waals surface area (Å²) < 4.78 is 31.3. The average Bonchev–Trinajstić information content (AvgIpc) is 2.82. The van der Waals surface area contributed by atoms with Gasteiger partial charge in [0.15, 0.2) is 6.39 Å². The van der Waals surface area contributed by atoms with Crippen molar-refractivity contribution >= 4 is 10.0 Å². The van der Waals surface area contributed by atoms with Crippen LogP contribution in [0.25, 0.3) is 0 Å². The molecule has 1 aromatic heterocycles. The van der Waals surface area contributed by atoms with Gasteiger partial charge in [-0.2, -0.15) is 0 Å². The predicted octanol–water partition coefficient (Wildman–Crippen LogP) is 1.50. The quantitative estimate of drug-likeness (QED) is 0.890. The van der Waals surface area contributed by atoms with Crippen molar-refractivity contribution in [3.05, 3.63) is 48.2 Å². The molecule has 2 rings (SSSR count). The third-order valence-corrected chi connectivity index (χ3v) is 3.92. The van der Waals surface area contributed by atoms with Crippen molar-refractivity contribution in [3.63, 3.8) is 0 Å². The van der Waals surface area contributed by atoms with Gasteiger partial charge in [0.1, 0.15) is 6.26 Å². The number of nitrogens with zero attached hydrogens (tertiary/aromatic N) is 1. The van der Waals surface area contributed by atoms with Gasteiger partial charge in [-0.05, 0) is 24.6 Å². The molecule has 0 saturated heterocycles. The van der Waals surface area contributed by atoms with Crippen molar-refractivity contribution in [2.75, 3.05) is 6.54 Å². The molecule has 1 heterocycles. The number of aromatic nitrogens is 1. The van der Waals surface area contributed by atoms with Crippen LogP contribution in [0.1, 0.15) is 11.3 Å². The highest BCUT2D eigenvalue weighted by Gasteiger charge is 2.13. The number of hydrogen-bond donors (Lipinski definition) is 1. The third kappa shape index (κ3) is 3.18. The number of benzene rings is 1. The van der Waals surface area contributed by atoms with Gasteiger partial charge < -0.3 is 4.42 Å². The Balaban J connectivity index is 1.99. The number of oxazole rings is 1. The van der Waals surface area contributed by atoms with Gasteiger partial charge in [0, 0.05) is 13.0 Å². The van der Waals surface area contributed by atoms with E-state index < -0.39 is 10.0 Å². The summed E-state index contributed by atoms with van der Waals surface area (Å²) in [6.07, 6.45) is 3.33. The zero-order valence-electron chi connectivity index (χ0n) is 9.96. The first kappa shape index (κ1) is 12.8. The highest BCUT2D eigenvalue weighted by atomic mass is 32.2. The van der Waals surface area contributed by atoms with E-state index in [9.17, 15) is 8.42 Å². The SMILES string of the molecule is Cc1cccc(S(=O)(=O)NCCc2cocn2)c1. The first-order valence-corrected chi connectivity index (χ1v) is 7.00. The smallest absolute Gasteiger partial charge is 0.240 e. The van der Waals surface area contributed by atoms with Crippen LogP contribution in [0.4, 0.5) is 0 Å². The summed E-state index contributed by atoms with van der Waals surface area (Å²) >= 11 is 0. The van der Waals surface area contributed by atoms with Crippen molar-refractivity contribution < 1.29 is 12.8 Å². The molecule has 1 aromatic carbocycles. The Labute approximate surface area is 106 Å².